The van der Waals surface area contributed by atoms with Gasteiger partial charge in [0.2, 0.25) is 0 Å². The second-order valence-electron chi connectivity index (χ2n) is 6.12. The fourth-order valence-electron chi connectivity index (χ4n) is 2.44. The van der Waals surface area contributed by atoms with E-state index in [1.54, 1.807) is 0 Å². The molecular formula is C20H32O3. The minimum Gasteiger partial charge on any atom is -0.481 e. The molecule has 1 N–H and O–H groups in total. The van der Waals surface area contributed by atoms with E-state index in [4.69, 9.17) is 9.84 Å². The smallest absolute Gasteiger partial charge is 0.303 e. The summed E-state index contributed by atoms with van der Waals surface area (Å²) in [4.78, 5) is 10.3. The van der Waals surface area contributed by atoms with Gasteiger partial charge in [0.15, 0.2) is 0 Å². The maximum absolute atomic E-state index is 10.3. The summed E-state index contributed by atoms with van der Waals surface area (Å²) in [6.45, 7) is 2.23. The maximum atomic E-state index is 10.3. The van der Waals surface area contributed by atoms with Crippen LogP contribution in [0.25, 0.3) is 0 Å². The number of epoxide rings is 1. The van der Waals surface area contributed by atoms with Crippen molar-refractivity contribution in [3.05, 3.63) is 36.5 Å². The molecule has 0 aromatic carbocycles. The maximum Gasteiger partial charge on any atom is 0.303 e. The summed E-state index contributed by atoms with van der Waals surface area (Å²) >= 11 is 0. The van der Waals surface area contributed by atoms with Crippen molar-refractivity contribution in [1.29, 1.82) is 0 Å². The number of ether oxygens (including phenoxy) is 1. The van der Waals surface area contributed by atoms with Gasteiger partial charge in [0.1, 0.15) is 0 Å². The molecule has 130 valence electrons. The Morgan fingerprint density at radius 2 is 1.52 bits per heavy atom. The first-order chi connectivity index (χ1) is 11.2. The lowest BCUT2D eigenvalue weighted by molar-refractivity contribution is -0.137. The lowest BCUT2D eigenvalue weighted by Crippen LogP contribution is -1.92. The molecule has 0 unspecified atom stereocenters. The number of unbranched alkanes of at least 4 members (excludes halogenated alkanes) is 4. The van der Waals surface area contributed by atoms with Crippen LogP contribution in [0, 0.1) is 0 Å². The average molecular weight is 320 g/mol. The predicted molar refractivity (Wildman–Crippen MR) is 95.6 cm³/mol. The summed E-state index contributed by atoms with van der Waals surface area (Å²) < 4.78 is 5.65. The number of hydrogen-bond donors (Lipinski definition) is 1. The Labute approximate surface area is 141 Å². The van der Waals surface area contributed by atoms with Crippen LogP contribution in [-0.4, -0.2) is 23.3 Å². The number of rotatable bonds is 14. The Morgan fingerprint density at radius 1 is 0.913 bits per heavy atom. The van der Waals surface area contributed by atoms with Crippen LogP contribution in [0.5, 0.6) is 0 Å². The SMILES string of the molecule is CCCCC/C=C/C[C@H]1O[C@@H]1C/C=C/C/C=C/CCCC(=O)O. The highest BCUT2D eigenvalue weighted by atomic mass is 16.6. The summed E-state index contributed by atoms with van der Waals surface area (Å²) in [7, 11) is 0. The molecule has 23 heavy (non-hydrogen) atoms. The molecule has 1 saturated heterocycles. The summed E-state index contributed by atoms with van der Waals surface area (Å²) in [6.07, 6.45) is 23.8. The second-order valence-corrected chi connectivity index (χ2v) is 6.12. The third-order valence-electron chi connectivity index (χ3n) is 3.93. The molecule has 0 aromatic heterocycles. The summed E-state index contributed by atoms with van der Waals surface area (Å²) in [5.41, 5.74) is 0. The van der Waals surface area contributed by atoms with Crippen LogP contribution in [-0.2, 0) is 9.53 Å². The van der Waals surface area contributed by atoms with Gasteiger partial charge < -0.3 is 9.84 Å². The van der Waals surface area contributed by atoms with Crippen molar-refractivity contribution < 1.29 is 14.6 Å². The van der Waals surface area contributed by atoms with Gasteiger partial charge in [-0.3, -0.25) is 4.79 Å². The molecule has 0 radical (unpaired) electrons. The molecule has 1 heterocycles. The number of hydrogen-bond acceptors (Lipinski definition) is 2. The topological polar surface area (TPSA) is 49.8 Å². The van der Waals surface area contributed by atoms with Gasteiger partial charge in [0, 0.05) is 6.42 Å². The second kappa shape index (κ2) is 13.1. The van der Waals surface area contributed by atoms with Crippen LogP contribution in [0.2, 0.25) is 0 Å². The molecule has 3 nitrogen and oxygen atoms in total. The van der Waals surface area contributed by atoms with Crippen molar-refractivity contribution in [2.24, 2.45) is 0 Å². The zero-order valence-corrected chi connectivity index (χ0v) is 14.5. The quantitative estimate of drug-likeness (QED) is 0.264. The van der Waals surface area contributed by atoms with Gasteiger partial charge in [-0.15, -0.1) is 0 Å². The molecule has 1 rings (SSSR count). The van der Waals surface area contributed by atoms with E-state index in [2.05, 4.69) is 43.4 Å². The Hall–Kier alpha value is -1.35. The van der Waals surface area contributed by atoms with E-state index in [0.29, 0.717) is 12.2 Å². The number of carboxylic acids is 1. The third kappa shape index (κ3) is 11.8. The molecule has 2 atom stereocenters. The standard InChI is InChI=1S/C20H32O3/c1-2-3-4-5-9-12-15-18-19(23-18)16-13-10-7-6-8-11-14-17-20(21)22/h6,8-10,12-13,18-19H,2-5,7,11,14-17H2,1H3,(H,21,22)/b8-6+,12-9+,13-10+/t18-,19-/m1/s1. The number of carbonyl (C=O) groups is 1. The van der Waals surface area contributed by atoms with Crippen molar-refractivity contribution in [1.82, 2.24) is 0 Å². The molecule has 0 saturated carbocycles. The van der Waals surface area contributed by atoms with Crippen molar-refractivity contribution in [2.45, 2.75) is 83.3 Å². The van der Waals surface area contributed by atoms with Gasteiger partial charge >= 0.3 is 5.97 Å². The molecule has 0 bridgehead atoms. The molecular weight excluding hydrogens is 288 g/mol. The van der Waals surface area contributed by atoms with E-state index in [0.717, 1.165) is 32.1 Å². The minimum absolute atomic E-state index is 0.258. The van der Waals surface area contributed by atoms with Gasteiger partial charge in [-0.05, 0) is 44.9 Å². The lowest BCUT2D eigenvalue weighted by atomic mass is 10.1. The van der Waals surface area contributed by atoms with Crippen molar-refractivity contribution >= 4 is 5.97 Å². The van der Waals surface area contributed by atoms with E-state index in [9.17, 15) is 4.79 Å². The van der Waals surface area contributed by atoms with E-state index in [-0.39, 0.29) is 6.42 Å². The van der Waals surface area contributed by atoms with Crippen molar-refractivity contribution in [3.63, 3.8) is 0 Å². The van der Waals surface area contributed by atoms with Crippen LogP contribution in [0.15, 0.2) is 36.5 Å². The third-order valence-corrected chi connectivity index (χ3v) is 3.93. The number of allylic oxidation sites excluding steroid dienone is 4. The fourth-order valence-corrected chi connectivity index (χ4v) is 2.44. The fraction of sp³-hybridized carbons (Fsp3) is 0.650. The Balaban J connectivity index is 1.92. The van der Waals surface area contributed by atoms with Crippen LogP contribution in [0.1, 0.15) is 71.1 Å². The first-order valence-electron chi connectivity index (χ1n) is 9.06. The molecule has 0 spiro atoms. The van der Waals surface area contributed by atoms with Gasteiger partial charge in [-0.25, -0.2) is 0 Å². The molecule has 0 amide bonds. The number of carboxylic acid groups (broad SMARTS) is 1. The van der Waals surface area contributed by atoms with E-state index in [1.165, 1.54) is 25.7 Å². The van der Waals surface area contributed by atoms with Crippen LogP contribution >= 0.6 is 0 Å². The Bertz CT molecular complexity index is 396. The molecule has 1 aliphatic heterocycles. The zero-order valence-electron chi connectivity index (χ0n) is 14.5. The minimum atomic E-state index is -0.715. The molecule has 3 heteroatoms. The zero-order chi connectivity index (χ0) is 16.8. The van der Waals surface area contributed by atoms with Gasteiger partial charge in [0.25, 0.3) is 0 Å². The van der Waals surface area contributed by atoms with Crippen molar-refractivity contribution in [2.75, 3.05) is 0 Å². The number of aliphatic carboxylic acids is 1. The van der Waals surface area contributed by atoms with Gasteiger partial charge in [-0.1, -0.05) is 56.2 Å². The lowest BCUT2D eigenvalue weighted by Gasteiger charge is -1.91. The largest absolute Gasteiger partial charge is 0.481 e. The predicted octanol–water partition coefficient (Wildman–Crippen LogP) is 5.43. The molecule has 0 aliphatic carbocycles. The first-order valence-corrected chi connectivity index (χ1v) is 9.06. The molecule has 1 fully saturated rings. The van der Waals surface area contributed by atoms with E-state index < -0.39 is 5.97 Å². The van der Waals surface area contributed by atoms with Crippen LogP contribution in [0.4, 0.5) is 0 Å². The van der Waals surface area contributed by atoms with E-state index in [1.807, 2.05) is 0 Å². The normalized spacial score (nSPS) is 20.9. The first kappa shape index (κ1) is 19.7. The summed E-state index contributed by atoms with van der Waals surface area (Å²) in [5, 5.41) is 8.52. The summed E-state index contributed by atoms with van der Waals surface area (Å²) in [5.74, 6) is -0.715. The van der Waals surface area contributed by atoms with E-state index >= 15 is 0 Å². The Morgan fingerprint density at radius 3 is 2.22 bits per heavy atom. The average Bonchev–Trinajstić information content (AvgIpc) is 3.27. The molecule has 1 aliphatic rings. The van der Waals surface area contributed by atoms with Gasteiger partial charge in [0.05, 0.1) is 12.2 Å². The summed E-state index contributed by atoms with van der Waals surface area (Å²) in [6, 6.07) is 0. The highest BCUT2D eigenvalue weighted by molar-refractivity contribution is 5.66. The highest BCUT2D eigenvalue weighted by Gasteiger charge is 2.35. The Kier molecular flexibility index (Phi) is 11.2. The van der Waals surface area contributed by atoms with Crippen molar-refractivity contribution in [3.8, 4) is 0 Å². The highest BCUT2D eigenvalue weighted by Crippen LogP contribution is 2.29. The van der Waals surface area contributed by atoms with Crippen LogP contribution in [0.3, 0.4) is 0 Å². The molecule has 0 aromatic rings. The van der Waals surface area contributed by atoms with Gasteiger partial charge in [-0.2, -0.15) is 0 Å². The monoisotopic (exact) mass is 320 g/mol. The van der Waals surface area contributed by atoms with Crippen LogP contribution < -0.4 is 0 Å².